The molecule has 7 nitrogen and oxygen atoms in total. The number of rotatable bonds is 6. The summed E-state index contributed by atoms with van der Waals surface area (Å²) < 4.78 is 2.77. The highest BCUT2D eigenvalue weighted by atomic mass is 127. The molecule has 0 fully saturated rings. The predicted molar refractivity (Wildman–Crippen MR) is 104 cm³/mol. The second kappa shape index (κ2) is 8.06. The van der Waals surface area contributed by atoms with E-state index in [4.69, 9.17) is 0 Å². The zero-order valence-corrected chi connectivity index (χ0v) is 15.8. The van der Waals surface area contributed by atoms with Crippen molar-refractivity contribution in [3.8, 4) is 5.82 Å². The molecule has 128 valence electrons. The molecule has 0 aliphatic carbocycles. The van der Waals surface area contributed by atoms with Gasteiger partial charge in [0.25, 0.3) is 5.91 Å². The smallest absolute Gasteiger partial charge is 0.251 e. The first-order valence-corrected chi connectivity index (χ1v) is 8.84. The molecule has 0 atom stereocenters. The molecule has 0 bridgehead atoms. The molecule has 3 rings (SSSR count). The van der Waals surface area contributed by atoms with Crippen LogP contribution in [0.4, 0.5) is 5.82 Å². The van der Waals surface area contributed by atoms with Crippen molar-refractivity contribution in [2.45, 2.75) is 6.92 Å². The molecule has 0 aliphatic rings. The molecule has 0 spiro atoms. The number of nitrogens with one attached hydrogen (secondary N) is 2. The highest BCUT2D eigenvalue weighted by Crippen LogP contribution is 2.07. The molecule has 0 unspecified atom stereocenters. The Morgan fingerprint density at radius 3 is 2.52 bits per heavy atom. The van der Waals surface area contributed by atoms with E-state index in [2.05, 4.69) is 48.5 Å². The molecular formula is C17H17IN6O. The van der Waals surface area contributed by atoms with Gasteiger partial charge in [0, 0.05) is 28.4 Å². The van der Waals surface area contributed by atoms with Gasteiger partial charge in [0.2, 0.25) is 0 Å². The number of anilines is 1. The molecule has 0 saturated carbocycles. The molecule has 1 aromatic carbocycles. The lowest BCUT2D eigenvalue weighted by atomic mass is 10.2. The zero-order valence-electron chi connectivity index (χ0n) is 13.6. The summed E-state index contributed by atoms with van der Waals surface area (Å²) in [4.78, 5) is 12.0. The van der Waals surface area contributed by atoms with Crippen LogP contribution in [0.15, 0.2) is 48.7 Å². The number of carbonyl (C=O) groups excluding carboxylic acids is 1. The molecule has 2 heterocycles. The molecule has 3 aromatic rings. The molecule has 0 saturated heterocycles. The van der Waals surface area contributed by atoms with Crippen LogP contribution in [-0.2, 0) is 0 Å². The van der Waals surface area contributed by atoms with E-state index in [-0.39, 0.29) is 5.91 Å². The number of carbonyl (C=O) groups is 1. The first-order chi connectivity index (χ1) is 12.1. The Morgan fingerprint density at radius 2 is 1.88 bits per heavy atom. The number of benzene rings is 1. The first kappa shape index (κ1) is 17.3. The lowest BCUT2D eigenvalue weighted by molar-refractivity contribution is 0.0955. The number of nitrogens with zero attached hydrogens (tertiary/aromatic N) is 4. The van der Waals surface area contributed by atoms with Crippen molar-refractivity contribution in [1.29, 1.82) is 0 Å². The van der Waals surface area contributed by atoms with Gasteiger partial charge in [-0.05, 0) is 72.0 Å². The number of aromatic nitrogens is 4. The minimum absolute atomic E-state index is 0.0892. The van der Waals surface area contributed by atoms with E-state index in [0.29, 0.717) is 30.3 Å². The van der Waals surface area contributed by atoms with Crippen LogP contribution >= 0.6 is 22.6 Å². The fourth-order valence-corrected chi connectivity index (χ4v) is 2.51. The maximum absolute atomic E-state index is 12.0. The standard InChI is InChI=1S/C17H17IN6O/c1-12-8-11-24(23-12)16-7-6-15(21-22-16)19-9-10-20-17(25)13-2-4-14(18)5-3-13/h2-8,11H,9-10H2,1H3,(H,19,21)(H,20,25). The highest BCUT2D eigenvalue weighted by molar-refractivity contribution is 14.1. The second-order valence-corrected chi connectivity index (χ2v) is 6.61. The third-order valence-corrected chi connectivity index (χ3v) is 4.15. The Morgan fingerprint density at radius 1 is 1.08 bits per heavy atom. The highest BCUT2D eigenvalue weighted by Gasteiger charge is 2.04. The Kier molecular flexibility index (Phi) is 5.59. The molecule has 1 amide bonds. The van der Waals surface area contributed by atoms with E-state index in [1.807, 2.05) is 55.6 Å². The van der Waals surface area contributed by atoms with Crippen molar-refractivity contribution < 1.29 is 4.79 Å². The number of hydrogen-bond acceptors (Lipinski definition) is 5. The van der Waals surface area contributed by atoms with Crippen LogP contribution in [0.25, 0.3) is 5.82 Å². The summed E-state index contributed by atoms with van der Waals surface area (Å²) in [5, 5.41) is 18.5. The first-order valence-electron chi connectivity index (χ1n) is 7.76. The fourth-order valence-electron chi connectivity index (χ4n) is 2.15. The topological polar surface area (TPSA) is 84.7 Å². The molecular weight excluding hydrogens is 431 g/mol. The van der Waals surface area contributed by atoms with Gasteiger partial charge in [0.05, 0.1) is 5.69 Å². The molecule has 2 aromatic heterocycles. The average molecular weight is 448 g/mol. The van der Waals surface area contributed by atoms with E-state index < -0.39 is 0 Å². The monoisotopic (exact) mass is 448 g/mol. The van der Waals surface area contributed by atoms with Crippen molar-refractivity contribution in [3.05, 3.63) is 63.5 Å². The van der Waals surface area contributed by atoms with Gasteiger partial charge >= 0.3 is 0 Å². The molecule has 2 N–H and O–H groups in total. The zero-order chi connectivity index (χ0) is 17.6. The van der Waals surface area contributed by atoms with E-state index in [0.717, 1.165) is 9.26 Å². The van der Waals surface area contributed by atoms with Crippen molar-refractivity contribution in [3.63, 3.8) is 0 Å². The van der Waals surface area contributed by atoms with Crippen LogP contribution in [-0.4, -0.2) is 39.0 Å². The number of amides is 1. The van der Waals surface area contributed by atoms with Crippen molar-refractivity contribution in [1.82, 2.24) is 25.3 Å². The molecule has 8 heteroatoms. The maximum Gasteiger partial charge on any atom is 0.251 e. The minimum Gasteiger partial charge on any atom is -0.367 e. The van der Waals surface area contributed by atoms with Gasteiger partial charge in [0.1, 0.15) is 5.82 Å². The van der Waals surface area contributed by atoms with Gasteiger partial charge in [-0.15, -0.1) is 10.2 Å². The van der Waals surface area contributed by atoms with E-state index in [1.54, 1.807) is 4.68 Å². The number of aryl methyl sites for hydroxylation is 1. The lowest BCUT2D eigenvalue weighted by Gasteiger charge is -2.07. The quantitative estimate of drug-likeness (QED) is 0.447. The minimum atomic E-state index is -0.0892. The summed E-state index contributed by atoms with van der Waals surface area (Å²) in [6.07, 6.45) is 1.84. The van der Waals surface area contributed by atoms with Crippen molar-refractivity contribution >= 4 is 34.3 Å². The third kappa shape index (κ3) is 4.75. The Labute approximate surface area is 159 Å². The average Bonchev–Trinajstić information content (AvgIpc) is 3.06. The summed E-state index contributed by atoms with van der Waals surface area (Å²) in [5.41, 5.74) is 1.58. The number of halogens is 1. The normalized spacial score (nSPS) is 10.5. The molecule has 0 aliphatic heterocycles. The largest absolute Gasteiger partial charge is 0.367 e. The van der Waals surface area contributed by atoms with Crippen LogP contribution in [0.3, 0.4) is 0 Å². The van der Waals surface area contributed by atoms with E-state index >= 15 is 0 Å². The summed E-state index contributed by atoms with van der Waals surface area (Å²) in [6, 6.07) is 13.0. The maximum atomic E-state index is 12.0. The Hall–Kier alpha value is -2.49. The van der Waals surface area contributed by atoms with Gasteiger partial charge in [-0.2, -0.15) is 5.10 Å². The van der Waals surface area contributed by atoms with E-state index in [9.17, 15) is 4.79 Å². The lowest BCUT2D eigenvalue weighted by Crippen LogP contribution is -2.28. The summed E-state index contributed by atoms with van der Waals surface area (Å²) in [7, 11) is 0. The SMILES string of the molecule is Cc1ccn(-c2ccc(NCCNC(=O)c3ccc(I)cc3)nn2)n1. The van der Waals surface area contributed by atoms with Crippen molar-refractivity contribution in [2.24, 2.45) is 0 Å². The van der Waals surface area contributed by atoms with Gasteiger partial charge in [0.15, 0.2) is 5.82 Å². The summed E-state index contributed by atoms with van der Waals surface area (Å²) in [6.45, 7) is 2.97. The van der Waals surface area contributed by atoms with Gasteiger partial charge in [-0.25, -0.2) is 4.68 Å². The van der Waals surface area contributed by atoms with Gasteiger partial charge < -0.3 is 10.6 Å². The van der Waals surface area contributed by atoms with E-state index in [1.165, 1.54) is 0 Å². The van der Waals surface area contributed by atoms with Gasteiger partial charge in [-0.3, -0.25) is 4.79 Å². The summed E-state index contributed by atoms with van der Waals surface area (Å²) in [5.74, 6) is 1.22. The molecule has 25 heavy (non-hydrogen) atoms. The molecule has 0 radical (unpaired) electrons. The fraction of sp³-hybridized carbons (Fsp3) is 0.176. The second-order valence-electron chi connectivity index (χ2n) is 5.37. The predicted octanol–water partition coefficient (Wildman–Crippen LogP) is 2.42. The van der Waals surface area contributed by atoms with Crippen LogP contribution in [0.2, 0.25) is 0 Å². The van der Waals surface area contributed by atoms with Crippen LogP contribution in [0.5, 0.6) is 0 Å². The number of hydrogen-bond donors (Lipinski definition) is 2. The van der Waals surface area contributed by atoms with Gasteiger partial charge in [-0.1, -0.05) is 0 Å². The Balaban J connectivity index is 1.46. The Bertz CT molecular complexity index is 844. The van der Waals surface area contributed by atoms with Crippen LogP contribution in [0.1, 0.15) is 16.1 Å². The van der Waals surface area contributed by atoms with Crippen LogP contribution in [0, 0.1) is 10.5 Å². The summed E-state index contributed by atoms with van der Waals surface area (Å²) >= 11 is 2.21. The third-order valence-electron chi connectivity index (χ3n) is 3.43. The van der Waals surface area contributed by atoms with Crippen molar-refractivity contribution in [2.75, 3.05) is 18.4 Å². The van der Waals surface area contributed by atoms with Crippen LogP contribution < -0.4 is 10.6 Å².